The van der Waals surface area contributed by atoms with E-state index in [0.717, 1.165) is 17.4 Å². The van der Waals surface area contributed by atoms with Crippen LogP contribution in [0, 0.1) is 13.8 Å². The largest absolute Gasteiger partial charge is 0.311 e. The molecule has 8 heteroatoms. The van der Waals surface area contributed by atoms with Crippen LogP contribution in [0.3, 0.4) is 0 Å². The molecular weight excluding hydrogens is 410 g/mol. The van der Waals surface area contributed by atoms with Gasteiger partial charge in [-0.25, -0.2) is 13.1 Å². The molecule has 0 bridgehead atoms. The Morgan fingerprint density at radius 1 is 1.07 bits per heavy atom. The number of aromatic nitrogens is 2. The molecule has 0 saturated heterocycles. The Hall–Kier alpha value is -2.64. The van der Waals surface area contributed by atoms with Crippen molar-refractivity contribution < 1.29 is 13.2 Å². The first-order valence-electron chi connectivity index (χ1n) is 8.94. The number of carbonyl (C=O) groups excluding carboxylic acids is 1. The van der Waals surface area contributed by atoms with E-state index in [1.807, 2.05) is 31.2 Å². The van der Waals surface area contributed by atoms with Crippen molar-refractivity contribution in [2.45, 2.75) is 25.3 Å². The smallest absolute Gasteiger partial charge is 0.263 e. The van der Waals surface area contributed by atoms with Crippen LogP contribution in [0.1, 0.15) is 27.2 Å². The first-order chi connectivity index (χ1) is 13.6. The molecule has 2 aromatic carbocycles. The molecule has 3 rings (SSSR count). The highest BCUT2D eigenvalue weighted by Gasteiger charge is 2.24. The summed E-state index contributed by atoms with van der Waals surface area (Å²) in [4.78, 5) is 14.7. The second kappa shape index (κ2) is 8.00. The monoisotopic (exact) mass is 431 g/mol. The zero-order valence-electron chi connectivity index (χ0n) is 16.7. The molecule has 0 aliphatic carbocycles. The van der Waals surface area contributed by atoms with E-state index in [4.69, 9.17) is 11.6 Å². The number of hydrogen-bond acceptors (Lipinski definition) is 4. The zero-order valence-corrected chi connectivity index (χ0v) is 18.3. The summed E-state index contributed by atoms with van der Waals surface area (Å²) >= 11 is 6.50. The Morgan fingerprint density at radius 3 is 2.21 bits per heavy atom. The topological polar surface area (TPSA) is 72.3 Å². The van der Waals surface area contributed by atoms with E-state index >= 15 is 0 Å². The van der Waals surface area contributed by atoms with E-state index in [1.54, 1.807) is 30.8 Å². The van der Waals surface area contributed by atoms with Crippen molar-refractivity contribution in [3.05, 3.63) is 76.1 Å². The Bertz CT molecular complexity index is 1150. The van der Waals surface area contributed by atoms with Gasteiger partial charge in [-0.15, -0.1) is 0 Å². The number of hydrogen-bond donors (Lipinski definition) is 0. The number of benzene rings is 2. The van der Waals surface area contributed by atoms with Crippen LogP contribution >= 0.6 is 11.6 Å². The molecule has 3 aromatic rings. The third-order valence-electron chi connectivity index (χ3n) is 4.69. The van der Waals surface area contributed by atoms with Gasteiger partial charge in [-0.1, -0.05) is 41.4 Å². The Labute approximate surface area is 175 Å². The maximum absolute atomic E-state index is 13.0. The fraction of sp³-hybridized carbons (Fsp3) is 0.238. The van der Waals surface area contributed by atoms with E-state index in [2.05, 4.69) is 5.10 Å². The predicted octanol–water partition coefficient (Wildman–Crippen LogP) is 3.88. The minimum atomic E-state index is -3.30. The lowest BCUT2D eigenvalue weighted by Crippen LogP contribution is -2.26. The number of rotatable bonds is 5. The molecule has 1 heterocycles. The van der Waals surface area contributed by atoms with Crippen LogP contribution in [0.25, 0.3) is 0 Å². The number of nitrogens with zero attached hydrogens (tertiary/aromatic N) is 3. The summed E-state index contributed by atoms with van der Waals surface area (Å²) in [6.45, 7) is 4.22. The van der Waals surface area contributed by atoms with Gasteiger partial charge in [-0.05, 0) is 43.7 Å². The number of amides is 1. The van der Waals surface area contributed by atoms with Crippen molar-refractivity contribution in [1.82, 2.24) is 9.78 Å². The van der Waals surface area contributed by atoms with E-state index in [0.29, 0.717) is 23.5 Å². The van der Waals surface area contributed by atoms with Crippen LogP contribution in [-0.2, 0) is 16.4 Å². The second-order valence-electron chi connectivity index (χ2n) is 7.02. The first kappa shape index (κ1) is 21.1. The first-order valence-corrected chi connectivity index (χ1v) is 11.2. The summed E-state index contributed by atoms with van der Waals surface area (Å²) in [5, 5.41) is 4.70. The van der Waals surface area contributed by atoms with Crippen LogP contribution in [0.5, 0.6) is 0 Å². The predicted molar refractivity (Wildman–Crippen MR) is 115 cm³/mol. The maximum Gasteiger partial charge on any atom is 0.263 e. The average Bonchev–Trinajstić information content (AvgIpc) is 2.95. The summed E-state index contributed by atoms with van der Waals surface area (Å²) < 4.78 is 24.8. The van der Waals surface area contributed by atoms with Crippen LogP contribution in [0.2, 0.25) is 5.15 Å². The molecule has 0 unspecified atom stereocenters. The number of sulfone groups is 1. The van der Waals surface area contributed by atoms with Gasteiger partial charge < -0.3 is 4.90 Å². The lowest BCUT2D eigenvalue weighted by Gasteiger charge is -2.17. The second-order valence-corrected chi connectivity index (χ2v) is 9.40. The van der Waals surface area contributed by atoms with Crippen molar-refractivity contribution in [2.24, 2.45) is 0 Å². The molecule has 1 amide bonds. The zero-order chi connectivity index (χ0) is 21.3. The lowest BCUT2D eigenvalue weighted by atomic mass is 10.1. The molecule has 6 nitrogen and oxygen atoms in total. The summed E-state index contributed by atoms with van der Waals surface area (Å²) in [6, 6.07) is 14.2. The highest BCUT2D eigenvalue weighted by molar-refractivity contribution is 7.90. The molecule has 29 heavy (non-hydrogen) atoms. The van der Waals surface area contributed by atoms with E-state index < -0.39 is 9.84 Å². The summed E-state index contributed by atoms with van der Waals surface area (Å²) in [7, 11) is -1.68. The Kier molecular flexibility index (Phi) is 5.82. The lowest BCUT2D eigenvalue weighted by molar-refractivity contribution is 0.0992. The number of carbonyl (C=O) groups is 1. The molecule has 1 aromatic heterocycles. The molecular formula is C21H22ClN3O3S. The fourth-order valence-corrected chi connectivity index (χ4v) is 3.91. The molecule has 152 valence electrons. The van der Waals surface area contributed by atoms with Crippen molar-refractivity contribution in [3.63, 3.8) is 0 Å². The number of anilines is 1. The van der Waals surface area contributed by atoms with Gasteiger partial charge in [0.05, 0.1) is 22.7 Å². The molecule has 0 spiro atoms. The highest BCUT2D eigenvalue weighted by atomic mass is 35.5. The van der Waals surface area contributed by atoms with E-state index in [9.17, 15) is 13.2 Å². The normalized spacial score (nSPS) is 11.5. The minimum Gasteiger partial charge on any atom is -0.311 e. The number of halogens is 1. The Morgan fingerprint density at radius 2 is 1.66 bits per heavy atom. The van der Waals surface area contributed by atoms with Gasteiger partial charge >= 0.3 is 0 Å². The van der Waals surface area contributed by atoms with Gasteiger partial charge in [0, 0.05) is 19.0 Å². The molecule has 0 fully saturated rings. The van der Waals surface area contributed by atoms with Gasteiger partial charge in [-0.2, -0.15) is 5.10 Å². The van der Waals surface area contributed by atoms with Crippen LogP contribution in [0.4, 0.5) is 5.69 Å². The summed E-state index contributed by atoms with van der Waals surface area (Å²) in [5.41, 5.74) is 3.61. The van der Waals surface area contributed by atoms with Crippen LogP contribution in [-0.4, -0.2) is 37.4 Å². The quantitative estimate of drug-likeness (QED) is 0.614. The molecule has 0 radical (unpaired) electrons. The van der Waals surface area contributed by atoms with E-state index in [1.165, 1.54) is 17.0 Å². The molecule has 0 N–H and O–H groups in total. The third kappa shape index (κ3) is 4.52. The third-order valence-corrected chi connectivity index (χ3v) is 6.20. The molecule has 0 aliphatic heterocycles. The molecule has 0 atom stereocenters. The van der Waals surface area contributed by atoms with Gasteiger partial charge in [0.2, 0.25) is 0 Å². The maximum atomic E-state index is 13.0. The van der Waals surface area contributed by atoms with Crippen LogP contribution < -0.4 is 4.90 Å². The summed E-state index contributed by atoms with van der Waals surface area (Å²) in [6.07, 6.45) is 1.14. The van der Waals surface area contributed by atoms with Gasteiger partial charge in [0.15, 0.2) is 9.84 Å². The fourth-order valence-electron chi connectivity index (χ4n) is 2.97. The average molecular weight is 432 g/mol. The Balaban J connectivity index is 1.87. The number of aryl methyl sites for hydroxylation is 2. The van der Waals surface area contributed by atoms with E-state index in [-0.39, 0.29) is 16.0 Å². The van der Waals surface area contributed by atoms with Crippen molar-refractivity contribution in [3.8, 4) is 0 Å². The van der Waals surface area contributed by atoms with Gasteiger partial charge in [-0.3, -0.25) is 4.79 Å². The molecule has 0 aliphatic rings. The van der Waals surface area contributed by atoms with Crippen molar-refractivity contribution >= 4 is 33.0 Å². The van der Waals surface area contributed by atoms with Gasteiger partial charge in [0.25, 0.3) is 5.91 Å². The van der Waals surface area contributed by atoms with Crippen molar-refractivity contribution in [1.29, 1.82) is 0 Å². The molecule has 0 saturated carbocycles. The summed E-state index contributed by atoms with van der Waals surface area (Å²) in [5.74, 6) is -0.310. The standard InChI is InChI=1S/C21H22ClN3O3S/c1-14-5-7-16(8-6-14)13-25-20(22)19(15(2)23-25)21(26)24(3)17-9-11-18(12-10-17)29(4,27)28/h5-12H,13H2,1-4H3. The highest BCUT2D eigenvalue weighted by Crippen LogP contribution is 2.25. The van der Waals surface area contributed by atoms with Crippen molar-refractivity contribution in [2.75, 3.05) is 18.2 Å². The van der Waals surface area contributed by atoms with Gasteiger partial charge in [0.1, 0.15) is 5.15 Å². The minimum absolute atomic E-state index is 0.197. The SMILES string of the molecule is Cc1ccc(Cn2nc(C)c(C(=O)N(C)c3ccc(S(C)(=O)=O)cc3)c2Cl)cc1. The van der Waals surface area contributed by atoms with Crippen LogP contribution in [0.15, 0.2) is 53.4 Å².